The molecule has 70 valence electrons. The molecule has 0 saturated heterocycles. The molecular formula is C5H18O3SSi2. The van der Waals surface area contributed by atoms with Crippen LogP contribution in [0.5, 0.6) is 0 Å². The average molecular weight is 214 g/mol. The lowest BCUT2D eigenvalue weighted by Crippen LogP contribution is -2.41. The maximum absolute atomic E-state index is 5.08. The first-order valence-corrected chi connectivity index (χ1v) is 8.85. The fourth-order valence-corrected chi connectivity index (χ4v) is 2.05. The van der Waals surface area contributed by atoms with E-state index in [9.17, 15) is 0 Å². The lowest BCUT2D eigenvalue weighted by atomic mass is 11.0. The van der Waals surface area contributed by atoms with Gasteiger partial charge in [-0.2, -0.15) is 0 Å². The Morgan fingerprint density at radius 1 is 1.09 bits per heavy atom. The van der Waals surface area contributed by atoms with E-state index in [0.29, 0.717) is 0 Å². The Balaban J connectivity index is 0. The van der Waals surface area contributed by atoms with Gasteiger partial charge in [0.1, 0.15) is 0 Å². The molecule has 11 heavy (non-hydrogen) atoms. The molecule has 0 aromatic carbocycles. The molecule has 0 aromatic heterocycles. The molecule has 0 atom stereocenters. The molecule has 0 aromatic rings. The first-order chi connectivity index (χ1) is 5.24. The zero-order valence-electron chi connectivity index (χ0n) is 7.88. The Morgan fingerprint density at radius 2 is 1.36 bits per heavy atom. The smallest absolute Gasteiger partial charge is 0.377 e. The quantitative estimate of drug-likeness (QED) is 0.531. The van der Waals surface area contributed by atoms with Gasteiger partial charge in [-0.3, -0.25) is 0 Å². The summed E-state index contributed by atoms with van der Waals surface area (Å²) >= 11 is 3.67. The summed E-state index contributed by atoms with van der Waals surface area (Å²) in [4.78, 5) is 0. The van der Waals surface area contributed by atoms with Crippen molar-refractivity contribution in [3.8, 4) is 0 Å². The molecule has 0 bridgehead atoms. The van der Waals surface area contributed by atoms with Crippen LogP contribution in [0.1, 0.15) is 6.92 Å². The minimum Gasteiger partial charge on any atom is -0.377 e. The number of rotatable bonds is 4. The normalized spacial score (nSPS) is 10.6. The Morgan fingerprint density at radius 3 is 1.36 bits per heavy atom. The first-order valence-electron chi connectivity index (χ1n) is 3.34. The zero-order valence-corrected chi connectivity index (χ0v) is 11.8. The first kappa shape index (κ1) is 14.2. The van der Waals surface area contributed by atoms with Crippen molar-refractivity contribution in [1.82, 2.24) is 0 Å². The fourth-order valence-electron chi connectivity index (χ4n) is 0.683. The molecule has 0 aliphatic rings. The van der Waals surface area contributed by atoms with Gasteiger partial charge in [-0.15, -0.1) is 0 Å². The van der Waals surface area contributed by atoms with E-state index in [2.05, 4.69) is 12.1 Å². The molecule has 0 saturated carbocycles. The topological polar surface area (TPSA) is 27.7 Å². The van der Waals surface area contributed by atoms with Gasteiger partial charge >= 0.3 is 8.80 Å². The second-order valence-corrected chi connectivity index (χ2v) is 4.95. The summed E-state index contributed by atoms with van der Waals surface area (Å²) in [6.45, 7) is 1.99. The molecule has 0 amide bonds. The molecule has 0 fully saturated rings. The van der Waals surface area contributed by atoms with Crippen molar-refractivity contribution in [2.75, 3.05) is 21.3 Å². The van der Waals surface area contributed by atoms with Gasteiger partial charge in [0, 0.05) is 27.4 Å². The predicted molar refractivity (Wildman–Crippen MR) is 56.2 cm³/mol. The van der Waals surface area contributed by atoms with Crippen LogP contribution in [0, 0.1) is 0 Å². The van der Waals surface area contributed by atoms with Gasteiger partial charge in [0.15, 0.2) is 0 Å². The monoisotopic (exact) mass is 214 g/mol. The second-order valence-electron chi connectivity index (χ2n) is 1.65. The molecule has 0 spiro atoms. The Kier molecular flexibility index (Phi) is 11.3. The van der Waals surface area contributed by atoms with Gasteiger partial charge < -0.3 is 13.3 Å². The third-order valence-electron chi connectivity index (χ3n) is 1.37. The van der Waals surface area contributed by atoms with Crippen molar-refractivity contribution in [2.45, 2.75) is 13.0 Å². The van der Waals surface area contributed by atoms with Gasteiger partial charge in [0.05, 0.1) is 9.39 Å². The van der Waals surface area contributed by atoms with Crippen molar-refractivity contribution >= 4 is 30.3 Å². The Labute approximate surface area is 78.3 Å². The summed E-state index contributed by atoms with van der Waals surface area (Å²) < 4.78 is 15.2. The van der Waals surface area contributed by atoms with E-state index < -0.39 is 8.80 Å². The van der Waals surface area contributed by atoms with Crippen LogP contribution in [0.25, 0.3) is 0 Å². The number of hydrogen-bond acceptors (Lipinski definition) is 4. The van der Waals surface area contributed by atoms with Crippen LogP contribution in [0.4, 0.5) is 0 Å². The highest BCUT2D eigenvalue weighted by Crippen LogP contribution is 2.10. The van der Waals surface area contributed by atoms with Crippen LogP contribution in [0.3, 0.4) is 0 Å². The molecule has 0 unspecified atom stereocenters. The molecule has 0 radical (unpaired) electrons. The van der Waals surface area contributed by atoms with Crippen molar-refractivity contribution in [2.24, 2.45) is 0 Å². The van der Waals surface area contributed by atoms with E-state index in [-0.39, 0.29) is 0 Å². The molecule has 3 nitrogen and oxygen atoms in total. The van der Waals surface area contributed by atoms with E-state index >= 15 is 0 Å². The van der Waals surface area contributed by atoms with Gasteiger partial charge in [0.2, 0.25) is 0 Å². The third-order valence-corrected chi connectivity index (χ3v) is 4.10. The Bertz CT molecular complexity index is 62.6. The molecule has 0 N–H and O–H groups in total. The lowest BCUT2D eigenvalue weighted by Gasteiger charge is -2.22. The molecule has 6 heteroatoms. The number of thiol groups is 1. The van der Waals surface area contributed by atoms with Crippen LogP contribution in [0.15, 0.2) is 0 Å². The maximum atomic E-state index is 5.08. The van der Waals surface area contributed by atoms with E-state index in [1.165, 1.54) is 0 Å². The minimum atomic E-state index is -2.19. The van der Waals surface area contributed by atoms with Crippen molar-refractivity contribution in [1.29, 1.82) is 0 Å². The number of hydrogen-bond donors (Lipinski definition) is 1. The highest BCUT2D eigenvalue weighted by atomic mass is 32.3. The van der Waals surface area contributed by atoms with E-state index in [0.717, 1.165) is 15.4 Å². The molecule has 0 rings (SSSR count). The summed E-state index contributed by atoms with van der Waals surface area (Å²) in [5, 5.41) is 0. The minimum absolute atomic E-state index is 0.816. The Hall–Kier alpha value is 0.664. The summed E-state index contributed by atoms with van der Waals surface area (Å²) in [6.07, 6.45) is 0. The van der Waals surface area contributed by atoms with E-state index in [4.69, 9.17) is 13.3 Å². The SMILES string of the molecule is CC[Si](OC)(OC)OC.[SiH3]S. The van der Waals surface area contributed by atoms with E-state index in [1.54, 1.807) is 21.3 Å². The van der Waals surface area contributed by atoms with Gasteiger partial charge in [0.25, 0.3) is 0 Å². The maximum Gasteiger partial charge on any atom is 0.499 e. The zero-order chi connectivity index (χ0) is 9.33. The summed E-state index contributed by atoms with van der Waals surface area (Å²) in [5.41, 5.74) is 0. The predicted octanol–water partition coefficient (Wildman–Crippen LogP) is 0.0810. The van der Waals surface area contributed by atoms with Crippen LogP contribution in [-0.2, 0) is 13.3 Å². The highest BCUT2D eigenvalue weighted by Gasteiger charge is 2.34. The average Bonchev–Trinajstić information content (AvgIpc) is 2.13. The van der Waals surface area contributed by atoms with Crippen molar-refractivity contribution < 1.29 is 13.3 Å². The van der Waals surface area contributed by atoms with E-state index in [1.807, 2.05) is 6.92 Å². The van der Waals surface area contributed by atoms with Crippen LogP contribution in [-0.4, -0.2) is 39.5 Å². The molecule has 0 heterocycles. The highest BCUT2D eigenvalue weighted by molar-refractivity contribution is 8.03. The van der Waals surface area contributed by atoms with Gasteiger partial charge in [-0.1, -0.05) is 6.92 Å². The lowest BCUT2D eigenvalue weighted by molar-refractivity contribution is 0.125. The largest absolute Gasteiger partial charge is 0.499 e. The van der Waals surface area contributed by atoms with Gasteiger partial charge in [-0.05, 0) is 0 Å². The molecule has 0 aliphatic carbocycles. The third kappa shape index (κ3) is 4.99. The van der Waals surface area contributed by atoms with Crippen LogP contribution in [0.2, 0.25) is 6.04 Å². The second kappa shape index (κ2) is 8.76. The standard InChI is InChI=1S/C5H14O3Si.H4SSi/c1-5-9(6-2,7-3)8-4;1-2/h5H2,1-4H3;1H,2H3. The van der Waals surface area contributed by atoms with Gasteiger partial charge in [-0.25, -0.2) is 12.1 Å². The van der Waals surface area contributed by atoms with Crippen molar-refractivity contribution in [3.05, 3.63) is 0 Å². The van der Waals surface area contributed by atoms with Crippen LogP contribution >= 0.6 is 12.1 Å². The summed E-state index contributed by atoms with van der Waals surface area (Å²) in [6, 6.07) is 0.816. The fraction of sp³-hybridized carbons (Fsp3) is 1.00. The molecule has 0 aliphatic heterocycles. The van der Waals surface area contributed by atoms with Crippen molar-refractivity contribution in [3.63, 3.8) is 0 Å². The molecular weight excluding hydrogens is 196 g/mol. The van der Waals surface area contributed by atoms with Crippen LogP contribution < -0.4 is 0 Å². The summed E-state index contributed by atoms with van der Waals surface area (Å²) in [7, 11) is 3.65. The summed E-state index contributed by atoms with van der Waals surface area (Å²) in [5.74, 6) is 0.